The van der Waals surface area contributed by atoms with E-state index in [0.29, 0.717) is 26.4 Å². The van der Waals surface area contributed by atoms with Crippen LogP contribution in [0.25, 0.3) is 0 Å². The van der Waals surface area contributed by atoms with Gasteiger partial charge < -0.3 is 34.1 Å². The molecule has 0 fully saturated rings. The molecule has 0 aromatic heterocycles. The molecule has 0 aliphatic heterocycles. The van der Waals surface area contributed by atoms with Gasteiger partial charge in [0, 0.05) is 13.0 Å². The molecule has 0 heterocycles. The first-order valence-corrected chi connectivity index (χ1v) is 10.2. The van der Waals surface area contributed by atoms with Crippen LogP contribution < -0.4 is 5.32 Å². The molecule has 0 aliphatic carbocycles. The normalized spacial score (nSPS) is 11.0. The molecular formula is C20H35NO10. The standard InChI is InChI=1S/C20H35NO10/c1-20(2,3)31-19(26)7-6-18(25)30-15-14-29-17(24)5-4-16(23)21-8-10-27-12-13-28-11-9-22/h22H,4-15H2,1-3H3,(H,21,23). The number of nitrogens with one attached hydrogen (secondary N) is 1. The summed E-state index contributed by atoms with van der Waals surface area (Å²) >= 11 is 0. The average molecular weight is 449 g/mol. The number of amides is 1. The SMILES string of the molecule is CC(C)(C)OC(=O)CCC(=O)OCCOC(=O)CCC(=O)NCCOCCOCCO. The highest BCUT2D eigenvalue weighted by atomic mass is 16.6. The number of hydrogen-bond donors (Lipinski definition) is 2. The van der Waals surface area contributed by atoms with E-state index >= 15 is 0 Å². The average Bonchev–Trinajstić information content (AvgIpc) is 2.68. The van der Waals surface area contributed by atoms with Crippen molar-refractivity contribution in [3.8, 4) is 0 Å². The largest absolute Gasteiger partial charge is 0.462 e. The lowest BCUT2D eigenvalue weighted by molar-refractivity contribution is -0.159. The molecule has 0 rings (SSSR count). The minimum atomic E-state index is -0.615. The van der Waals surface area contributed by atoms with Gasteiger partial charge in [-0.15, -0.1) is 0 Å². The molecular weight excluding hydrogens is 414 g/mol. The summed E-state index contributed by atoms with van der Waals surface area (Å²) in [7, 11) is 0. The second-order valence-electron chi connectivity index (χ2n) is 7.33. The number of aliphatic hydroxyl groups excluding tert-OH is 1. The van der Waals surface area contributed by atoms with Crippen LogP contribution in [0.3, 0.4) is 0 Å². The Kier molecular flexibility index (Phi) is 16.2. The van der Waals surface area contributed by atoms with E-state index in [4.69, 9.17) is 28.8 Å². The molecule has 2 N–H and O–H groups in total. The van der Waals surface area contributed by atoms with Gasteiger partial charge in [0.1, 0.15) is 18.8 Å². The molecule has 180 valence electrons. The van der Waals surface area contributed by atoms with Gasteiger partial charge in [-0.25, -0.2) is 0 Å². The molecule has 0 saturated carbocycles. The van der Waals surface area contributed by atoms with Crippen LogP contribution in [0, 0.1) is 0 Å². The van der Waals surface area contributed by atoms with Crippen molar-refractivity contribution in [1.82, 2.24) is 5.32 Å². The molecule has 0 aliphatic rings. The third-order valence-electron chi connectivity index (χ3n) is 3.30. The third kappa shape index (κ3) is 20.8. The Morgan fingerprint density at radius 2 is 1.23 bits per heavy atom. The lowest BCUT2D eigenvalue weighted by atomic mass is 10.2. The zero-order valence-electron chi connectivity index (χ0n) is 18.6. The molecule has 1 amide bonds. The van der Waals surface area contributed by atoms with Gasteiger partial charge in [-0.3, -0.25) is 19.2 Å². The van der Waals surface area contributed by atoms with Crippen molar-refractivity contribution >= 4 is 23.8 Å². The van der Waals surface area contributed by atoms with Crippen molar-refractivity contribution in [1.29, 1.82) is 0 Å². The molecule has 11 heteroatoms. The molecule has 0 aromatic rings. The fourth-order valence-electron chi connectivity index (χ4n) is 2.01. The summed E-state index contributed by atoms with van der Waals surface area (Å²) in [6.07, 6.45) is -0.349. The van der Waals surface area contributed by atoms with E-state index in [-0.39, 0.29) is 58.0 Å². The van der Waals surface area contributed by atoms with E-state index < -0.39 is 23.5 Å². The Labute approximate surface area is 182 Å². The van der Waals surface area contributed by atoms with Crippen LogP contribution in [0.1, 0.15) is 46.5 Å². The van der Waals surface area contributed by atoms with Gasteiger partial charge >= 0.3 is 17.9 Å². The number of carbonyl (C=O) groups excluding carboxylic acids is 4. The predicted molar refractivity (Wildman–Crippen MR) is 108 cm³/mol. The summed E-state index contributed by atoms with van der Waals surface area (Å²) in [5.41, 5.74) is -0.615. The Bertz CT molecular complexity index is 545. The highest BCUT2D eigenvalue weighted by Gasteiger charge is 2.17. The van der Waals surface area contributed by atoms with Gasteiger partial charge in [0.15, 0.2) is 0 Å². The summed E-state index contributed by atoms with van der Waals surface area (Å²) in [5.74, 6) is -1.99. The second kappa shape index (κ2) is 17.4. The van der Waals surface area contributed by atoms with Crippen LogP contribution in [0.15, 0.2) is 0 Å². The first-order valence-electron chi connectivity index (χ1n) is 10.2. The van der Waals surface area contributed by atoms with Crippen molar-refractivity contribution in [2.75, 3.05) is 52.8 Å². The Hall–Kier alpha value is -2.24. The summed E-state index contributed by atoms with van der Waals surface area (Å²) in [6, 6.07) is 0. The number of rotatable bonds is 17. The fraction of sp³-hybridized carbons (Fsp3) is 0.800. The van der Waals surface area contributed by atoms with Gasteiger partial charge in [-0.05, 0) is 20.8 Å². The highest BCUT2D eigenvalue weighted by molar-refractivity contribution is 5.81. The molecule has 0 saturated heterocycles. The van der Waals surface area contributed by atoms with Crippen molar-refractivity contribution in [2.45, 2.75) is 52.1 Å². The molecule has 0 unspecified atom stereocenters. The number of esters is 3. The van der Waals surface area contributed by atoms with Gasteiger partial charge in [0.05, 0.1) is 52.3 Å². The summed E-state index contributed by atoms with van der Waals surface area (Å²) in [4.78, 5) is 46.2. The zero-order chi connectivity index (χ0) is 23.5. The van der Waals surface area contributed by atoms with Crippen LogP contribution in [0.4, 0.5) is 0 Å². The Balaban J connectivity index is 3.61. The summed E-state index contributed by atoms with van der Waals surface area (Å²) < 4.78 is 25.0. The van der Waals surface area contributed by atoms with Gasteiger partial charge in [-0.1, -0.05) is 0 Å². The number of hydrogen-bond acceptors (Lipinski definition) is 10. The molecule has 11 nitrogen and oxygen atoms in total. The van der Waals surface area contributed by atoms with Gasteiger partial charge in [0.25, 0.3) is 0 Å². The second-order valence-corrected chi connectivity index (χ2v) is 7.33. The molecule has 0 aromatic carbocycles. The third-order valence-corrected chi connectivity index (χ3v) is 3.30. The maximum absolute atomic E-state index is 11.6. The summed E-state index contributed by atoms with van der Waals surface area (Å²) in [6.45, 7) is 6.46. The zero-order valence-corrected chi connectivity index (χ0v) is 18.6. The number of ether oxygens (including phenoxy) is 5. The van der Waals surface area contributed by atoms with Crippen LogP contribution in [0.5, 0.6) is 0 Å². The molecule has 0 radical (unpaired) electrons. The first kappa shape index (κ1) is 28.8. The quantitative estimate of drug-likeness (QED) is 0.178. The van der Waals surface area contributed by atoms with E-state index in [0.717, 1.165) is 0 Å². The lowest BCUT2D eigenvalue weighted by Crippen LogP contribution is -2.28. The Morgan fingerprint density at radius 3 is 1.77 bits per heavy atom. The maximum atomic E-state index is 11.6. The first-order chi connectivity index (χ1) is 14.6. The smallest absolute Gasteiger partial charge is 0.306 e. The van der Waals surface area contributed by atoms with Crippen LogP contribution in [-0.4, -0.2) is 87.3 Å². The van der Waals surface area contributed by atoms with E-state index in [1.165, 1.54) is 0 Å². The minimum absolute atomic E-state index is 0.0336. The van der Waals surface area contributed by atoms with Crippen LogP contribution in [0.2, 0.25) is 0 Å². The van der Waals surface area contributed by atoms with Crippen LogP contribution >= 0.6 is 0 Å². The highest BCUT2D eigenvalue weighted by Crippen LogP contribution is 2.09. The Morgan fingerprint density at radius 1 is 0.710 bits per heavy atom. The molecule has 0 atom stereocenters. The predicted octanol–water partition coefficient (Wildman–Crippen LogP) is 0.117. The fourth-order valence-corrected chi connectivity index (χ4v) is 2.01. The van der Waals surface area contributed by atoms with E-state index in [1.807, 2.05) is 0 Å². The summed E-state index contributed by atoms with van der Waals surface area (Å²) in [5, 5.41) is 11.1. The topological polar surface area (TPSA) is 147 Å². The van der Waals surface area contributed by atoms with Crippen molar-refractivity contribution in [3.05, 3.63) is 0 Å². The lowest BCUT2D eigenvalue weighted by Gasteiger charge is -2.19. The van der Waals surface area contributed by atoms with Crippen molar-refractivity contribution in [2.24, 2.45) is 0 Å². The minimum Gasteiger partial charge on any atom is -0.462 e. The van der Waals surface area contributed by atoms with Crippen LogP contribution in [-0.2, 0) is 42.9 Å². The van der Waals surface area contributed by atoms with E-state index in [1.54, 1.807) is 20.8 Å². The molecule has 0 bridgehead atoms. The van der Waals surface area contributed by atoms with Crippen molar-refractivity contribution < 1.29 is 48.0 Å². The van der Waals surface area contributed by atoms with Crippen molar-refractivity contribution in [3.63, 3.8) is 0 Å². The monoisotopic (exact) mass is 449 g/mol. The maximum Gasteiger partial charge on any atom is 0.306 e. The molecule has 0 spiro atoms. The van der Waals surface area contributed by atoms with Gasteiger partial charge in [0.2, 0.25) is 5.91 Å². The van der Waals surface area contributed by atoms with Gasteiger partial charge in [-0.2, -0.15) is 0 Å². The molecule has 31 heavy (non-hydrogen) atoms. The number of carbonyl (C=O) groups is 4. The van der Waals surface area contributed by atoms with E-state index in [9.17, 15) is 19.2 Å². The van der Waals surface area contributed by atoms with E-state index in [2.05, 4.69) is 5.32 Å². The number of aliphatic hydroxyl groups is 1.